The summed E-state index contributed by atoms with van der Waals surface area (Å²) in [5.41, 5.74) is 0.740. The van der Waals surface area contributed by atoms with Crippen molar-refractivity contribution in [2.45, 2.75) is 32.2 Å². The zero-order chi connectivity index (χ0) is 21.0. The molecule has 156 valence electrons. The fraction of sp³-hybridized carbons (Fsp3) is 0.500. The lowest BCUT2D eigenvalue weighted by molar-refractivity contribution is -0.139. The summed E-state index contributed by atoms with van der Waals surface area (Å²) in [6, 6.07) is 6.86. The number of imide groups is 1. The van der Waals surface area contributed by atoms with Crippen molar-refractivity contribution in [3.63, 3.8) is 0 Å². The van der Waals surface area contributed by atoms with E-state index in [1.165, 1.54) is 4.90 Å². The van der Waals surface area contributed by atoms with Crippen LogP contribution in [0.4, 0.5) is 10.5 Å². The maximum Gasteiger partial charge on any atom is 0.325 e. The summed E-state index contributed by atoms with van der Waals surface area (Å²) in [6.07, 6.45) is 1.23. The molecule has 0 aromatic heterocycles. The van der Waals surface area contributed by atoms with E-state index >= 15 is 0 Å². The molecule has 2 N–H and O–H groups in total. The van der Waals surface area contributed by atoms with Crippen molar-refractivity contribution in [1.82, 2.24) is 15.1 Å². The van der Waals surface area contributed by atoms with Crippen LogP contribution in [-0.4, -0.2) is 70.2 Å². The molecule has 0 aliphatic carbocycles. The van der Waals surface area contributed by atoms with E-state index in [9.17, 15) is 19.2 Å². The number of nitrogens with one attached hydrogen (secondary N) is 2. The Morgan fingerprint density at radius 3 is 2.72 bits per heavy atom. The second-order valence-corrected chi connectivity index (χ2v) is 8.49. The molecule has 2 fully saturated rings. The van der Waals surface area contributed by atoms with Crippen molar-refractivity contribution in [3.05, 3.63) is 29.8 Å². The molecule has 0 radical (unpaired) electrons. The summed E-state index contributed by atoms with van der Waals surface area (Å²) in [7, 11) is 0. The van der Waals surface area contributed by atoms with Crippen LogP contribution in [0.3, 0.4) is 0 Å². The quantitative estimate of drug-likeness (QED) is 0.656. The van der Waals surface area contributed by atoms with E-state index in [2.05, 4.69) is 10.6 Å². The summed E-state index contributed by atoms with van der Waals surface area (Å²) in [4.78, 5) is 52.7. The lowest BCUT2D eigenvalue weighted by atomic mass is 9.99. The number of hydrogen-bond donors (Lipinski definition) is 2. The Morgan fingerprint density at radius 1 is 1.31 bits per heavy atom. The second-order valence-electron chi connectivity index (χ2n) is 7.38. The normalized spacial score (nSPS) is 20.8. The number of benzene rings is 1. The third-order valence-electron chi connectivity index (χ3n) is 5.16. The molecule has 5 amide bonds. The smallest absolute Gasteiger partial charge is 0.325 e. The number of carbonyl (C=O) groups is 4. The molecule has 1 aromatic rings. The number of aryl methyl sites for hydroxylation is 1. The van der Waals surface area contributed by atoms with Crippen LogP contribution < -0.4 is 10.6 Å². The summed E-state index contributed by atoms with van der Waals surface area (Å²) >= 11 is 1.61. The van der Waals surface area contributed by atoms with Gasteiger partial charge >= 0.3 is 6.03 Å². The van der Waals surface area contributed by atoms with Crippen LogP contribution in [0.25, 0.3) is 0 Å². The Kier molecular flexibility index (Phi) is 6.46. The predicted octanol–water partition coefficient (Wildman–Crippen LogP) is 1.60. The number of nitrogens with zero attached hydrogens (tertiary/aromatic N) is 2. The first-order chi connectivity index (χ1) is 13.9. The lowest BCUT2D eigenvalue weighted by Gasteiger charge is -2.24. The van der Waals surface area contributed by atoms with Gasteiger partial charge in [-0.3, -0.25) is 19.3 Å². The van der Waals surface area contributed by atoms with E-state index in [1.807, 2.05) is 32.0 Å². The summed E-state index contributed by atoms with van der Waals surface area (Å²) in [5.74, 6) is 0.246. The first-order valence-corrected chi connectivity index (χ1v) is 10.9. The molecule has 2 aliphatic heterocycles. The van der Waals surface area contributed by atoms with Gasteiger partial charge in [0.05, 0.1) is 6.54 Å². The van der Waals surface area contributed by atoms with Gasteiger partial charge in [0.25, 0.3) is 5.91 Å². The van der Waals surface area contributed by atoms with Crippen LogP contribution in [0.2, 0.25) is 0 Å². The highest BCUT2D eigenvalue weighted by atomic mass is 32.2. The standard InChI is InChI=1S/C20H26N4O4S/c1-3-9-23(11-16(25)21-15-7-5-4-6-14(15)2)17(26)12-24-18(27)20(22-19(24)28)8-10-29-13-20/h4-7H,3,8-13H2,1-2H3,(H,21,25)(H,22,28)/t20-/m0/s1. The van der Waals surface area contributed by atoms with Crippen LogP contribution >= 0.6 is 11.8 Å². The third-order valence-corrected chi connectivity index (χ3v) is 6.35. The number of anilines is 1. The van der Waals surface area contributed by atoms with E-state index < -0.39 is 17.5 Å². The molecule has 3 rings (SSSR count). The van der Waals surface area contributed by atoms with Crippen molar-refractivity contribution in [3.8, 4) is 0 Å². The Labute approximate surface area is 174 Å². The monoisotopic (exact) mass is 418 g/mol. The van der Waals surface area contributed by atoms with Crippen LogP contribution in [0.15, 0.2) is 24.3 Å². The number of carbonyl (C=O) groups excluding carboxylic acids is 4. The van der Waals surface area contributed by atoms with Gasteiger partial charge in [-0.2, -0.15) is 11.8 Å². The fourth-order valence-electron chi connectivity index (χ4n) is 3.53. The van der Waals surface area contributed by atoms with Gasteiger partial charge in [-0.1, -0.05) is 25.1 Å². The van der Waals surface area contributed by atoms with Gasteiger partial charge in [0, 0.05) is 18.0 Å². The number of amides is 5. The molecular formula is C20H26N4O4S. The van der Waals surface area contributed by atoms with Crippen molar-refractivity contribution >= 4 is 41.2 Å². The number of para-hydroxylation sites is 1. The number of rotatable bonds is 7. The van der Waals surface area contributed by atoms with Gasteiger partial charge in [0.2, 0.25) is 11.8 Å². The topological polar surface area (TPSA) is 98.8 Å². The molecule has 9 heteroatoms. The highest BCUT2D eigenvalue weighted by molar-refractivity contribution is 7.99. The second kappa shape index (κ2) is 8.86. The number of hydrogen-bond acceptors (Lipinski definition) is 5. The van der Waals surface area contributed by atoms with Gasteiger partial charge in [-0.05, 0) is 37.1 Å². The van der Waals surface area contributed by atoms with Crippen molar-refractivity contribution in [2.24, 2.45) is 0 Å². The highest BCUT2D eigenvalue weighted by Gasteiger charge is 2.53. The Bertz CT molecular complexity index is 822. The van der Waals surface area contributed by atoms with Crippen molar-refractivity contribution in [2.75, 3.05) is 36.5 Å². The van der Waals surface area contributed by atoms with Gasteiger partial charge < -0.3 is 15.5 Å². The van der Waals surface area contributed by atoms with Crippen LogP contribution in [0, 0.1) is 6.92 Å². The molecule has 1 spiro atoms. The summed E-state index contributed by atoms with van der Waals surface area (Å²) in [5, 5.41) is 5.56. The zero-order valence-electron chi connectivity index (χ0n) is 16.7. The summed E-state index contributed by atoms with van der Waals surface area (Å²) < 4.78 is 0. The average molecular weight is 419 g/mol. The fourth-order valence-corrected chi connectivity index (χ4v) is 4.85. The maximum absolute atomic E-state index is 12.8. The van der Waals surface area contributed by atoms with E-state index in [0.717, 1.165) is 16.2 Å². The minimum Gasteiger partial charge on any atom is -0.332 e. The molecule has 2 aliphatic rings. The largest absolute Gasteiger partial charge is 0.332 e. The van der Waals surface area contributed by atoms with Crippen molar-refractivity contribution < 1.29 is 19.2 Å². The Hall–Kier alpha value is -2.55. The van der Waals surface area contributed by atoms with E-state index in [0.29, 0.717) is 30.8 Å². The average Bonchev–Trinajstić information content (AvgIpc) is 3.24. The third kappa shape index (κ3) is 4.55. The molecule has 2 heterocycles. The van der Waals surface area contributed by atoms with Gasteiger partial charge in [0.1, 0.15) is 12.1 Å². The number of thioether (sulfide) groups is 1. The molecular weight excluding hydrogens is 392 g/mol. The molecule has 1 aromatic carbocycles. The molecule has 0 unspecified atom stereocenters. The molecule has 29 heavy (non-hydrogen) atoms. The Balaban J connectivity index is 1.63. The molecule has 8 nitrogen and oxygen atoms in total. The van der Waals surface area contributed by atoms with Gasteiger partial charge in [0.15, 0.2) is 0 Å². The summed E-state index contributed by atoms with van der Waals surface area (Å²) in [6.45, 7) is 3.67. The highest BCUT2D eigenvalue weighted by Crippen LogP contribution is 2.33. The van der Waals surface area contributed by atoms with E-state index in [-0.39, 0.29) is 24.9 Å². The lowest BCUT2D eigenvalue weighted by Crippen LogP contribution is -2.48. The molecule has 1 atom stereocenters. The zero-order valence-corrected chi connectivity index (χ0v) is 17.5. The van der Waals surface area contributed by atoms with Crippen LogP contribution in [0.5, 0.6) is 0 Å². The van der Waals surface area contributed by atoms with E-state index in [4.69, 9.17) is 0 Å². The van der Waals surface area contributed by atoms with E-state index in [1.54, 1.807) is 17.8 Å². The van der Waals surface area contributed by atoms with Crippen LogP contribution in [0.1, 0.15) is 25.3 Å². The molecule has 0 bridgehead atoms. The molecule has 0 saturated carbocycles. The number of urea groups is 1. The minimum atomic E-state index is -0.875. The predicted molar refractivity (Wildman–Crippen MR) is 112 cm³/mol. The minimum absolute atomic E-state index is 0.133. The molecule has 2 saturated heterocycles. The maximum atomic E-state index is 12.8. The van der Waals surface area contributed by atoms with Gasteiger partial charge in [-0.25, -0.2) is 4.79 Å². The van der Waals surface area contributed by atoms with Crippen molar-refractivity contribution in [1.29, 1.82) is 0 Å². The first-order valence-electron chi connectivity index (χ1n) is 9.71. The van der Waals surface area contributed by atoms with Gasteiger partial charge in [-0.15, -0.1) is 0 Å². The first kappa shape index (κ1) is 21.2. The van der Waals surface area contributed by atoms with Crippen LogP contribution in [-0.2, 0) is 14.4 Å². The Morgan fingerprint density at radius 2 is 2.07 bits per heavy atom. The SMILES string of the molecule is CCCN(CC(=O)Nc1ccccc1C)C(=O)CN1C(=O)N[C@]2(CCSC2)C1=O.